The van der Waals surface area contributed by atoms with Crippen molar-refractivity contribution in [1.29, 1.82) is 0 Å². The van der Waals surface area contributed by atoms with E-state index in [9.17, 15) is 13.6 Å². The number of para-hydroxylation sites is 1. The number of anilines is 1. The minimum Gasteiger partial charge on any atom is -0.292 e. The molecule has 0 unspecified atom stereocenters. The first-order valence-electron chi connectivity index (χ1n) is 6.10. The molecule has 2 aromatic carbocycles. The zero-order chi connectivity index (χ0) is 14.1. The van der Waals surface area contributed by atoms with Gasteiger partial charge in [0, 0.05) is 0 Å². The Balaban J connectivity index is 2.03. The van der Waals surface area contributed by atoms with E-state index in [0.29, 0.717) is 5.56 Å². The van der Waals surface area contributed by atoms with E-state index in [1.165, 1.54) is 34.9 Å². The Bertz CT molecular complexity index is 662. The average molecular weight is 291 g/mol. The summed E-state index contributed by atoms with van der Waals surface area (Å²) in [7, 11) is 0. The van der Waals surface area contributed by atoms with Crippen molar-refractivity contribution in [3.05, 3.63) is 65.7 Å². The van der Waals surface area contributed by atoms with Crippen LogP contribution in [-0.4, -0.2) is 11.7 Å². The minimum absolute atomic E-state index is 0.172. The fourth-order valence-corrected chi connectivity index (χ4v) is 3.40. The first-order valence-corrected chi connectivity index (χ1v) is 7.15. The van der Waals surface area contributed by atoms with Gasteiger partial charge in [0.1, 0.15) is 17.0 Å². The third kappa shape index (κ3) is 2.29. The van der Waals surface area contributed by atoms with Crippen LogP contribution in [0.3, 0.4) is 0 Å². The van der Waals surface area contributed by atoms with E-state index in [-0.39, 0.29) is 23.2 Å². The molecule has 1 fully saturated rings. The van der Waals surface area contributed by atoms with E-state index in [1.807, 2.05) is 0 Å². The van der Waals surface area contributed by atoms with Crippen LogP contribution in [0.5, 0.6) is 0 Å². The fourth-order valence-electron chi connectivity index (χ4n) is 2.24. The second kappa shape index (κ2) is 5.25. The molecule has 0 saturated carbocycles. The molecule has 1 atom stereocenters. The number of thioether (sulfide) groups is 1. The maximum Gasteiger partial charge on any atom is 0.238 e. The Kier molecular flexibility index (Phi) is 3.44. The van der Waals surface area contributed by atoms with Gasteiger partial charge in [-0.05, 0) is 29.8 Å². The molecule has 2 aromatic rings. The number of nitrogens with zero attached hydrogens (tertiary/aromatic N) is 1. The molecule has 1 saturated heterocycles. The van der Waals surface area contributed by atoms with Crippen molar-refractivity contribution >= 4 is 23.4 Å². The molecule has 0 aliphatic carbocycles. The quantitative estimate of drug-likeness (QED) is 0.840. The van der Waals surface area contributed by atoms with Crippen LogP contribution in [0, 0.1) is 11.6 Å². The molecule has 1 amide bonds. The Hall–Kier alpha value is -1.88. The summed E-state index contributed by atoms with van der Waals surface area (Å²) in [6.45, 7) is 0. The molecule has 1 aliphatic rings. The van der Waals surface area contributed by atoms with Gasteiger partial charge in [0.25, 0.3) is 0 Å². The van der Waals surface area contributed by atoms with E-state index in [1.54, 1.807) is 30.3 Å². The van der Waals surface area contributed by atoms with Crippen molar-refractivity contribution in [2.45, 2.75) is 5.37 Å². The van der Waals surface area contributed by atoms with Gasteiger partial charge in [-0.3, -0.25) is 9.69 Å². The molecule has 102 valence electrons. The maximum atomic E-state index is 13.9. The largest absolute Gasteiger partial charge is 0.292 e. The van der Waals surface area contributed by atoms with Gasteiger partial charge >= 0.3 is 0 Å². The summed E-state index contributed by atoms with van der Waals surface area (Å²) in [5.74, 6) is -0.731. The van der Waals surface area contributed by atoms with Crippen LogP contribution in [0.15, 0.2) is 48.5 Å². The third-order valence-corrected chi connectivity index (χ3v) is 4.33. The summed E-state index contributed by atoms with van der Waals surface area (Å²) in [6.07, 6.45) is 0. The highest BCUT2D eigenvalue weighted by molar-refractivity contribution is 8.00. The van der Waals surface area contributed by atoms with E-state index >= 15 is 0 Å². The smallest absolute Gasteiger partial charge is 0.238 e. The van der Waals surface area contributed by atoms with Crippen molar-refractivity contribution in [2.75, 3.05) is 10.7 Å². The zero-order valence-electron chi connectivity index (χ0n) is 10.4. The predicted octanol–water partition coefficient (Wildman–Crippen LogP) is 3.74. The average Bonchev–Trinajstić information content (AvgIpc) is 2.81. The van der Waals surface area contributed by atoms with Gasteiger partial charge in [-0.2, -0.15) is 0 Å². The van der Waals surface area contributed by atoms with Crippen LogP contribution in [0.25, 0.3) is 0 Å². The maximum absolute atomic E-state index is 13.9. The van der Waals surface area contributed by atoms with Crippen LogP contribution < -0.4 is 4.90 Å². The number of hydrogen-bond donors (Lipinski definition) is 0. The summed E-state index contributed by atoms with van der Waals surface area (Å²) in [5.41, 5.74) is 0.890. The Labute approximate surface area is 119 Å². The van der Waals surface area contributed by atoms with Gasteiger partial charge in [-0.25, -0.2) is 8.78 Å². The van der Waals surface area contributed by atoms with E-state index < -0.39 is 11.2 Å². The minimum atomic E-state index is -0.454. The molecule has 0 N–H and O–H groups in total. The molecular weight excluding hydrogens is 280 g/mol. The van der Waals surface area contributed by atoms with Crippen molar-refractivity contribution in [3.63, 3.8) is 0 Å². The Morgan fingerprint density at radius 1 is 1.10 bits per heavy atom. The topological polar surface area (TPSA) is 20.3 Å². The number of rotatable bonds is 2. The number of carbonyl (C=O) groups is 1. The summed E-state index contributed by atoms with van der Waals surface area (Å²) in [6, 6.07) is 12.2. The van der Waals surface area contributed by atoms with Crippen LogP contribution in [-0.2, 0) is 4.79 Å². The number of amides is 1. The molecule has 0 bridgehead atoms. The van der Waals surface area contributed by atoms with Crippen LogP contribution in [0.1, 0.15) is 10.9 Å². The van der Waals surface area contributed by atoms with Gasteiger partial charge in [0.2, 0.25) is 5.91 Å². The van der Waals surface area contributed by atoms with Gasteiger partial charge < -0.3 is 0 Å². The van der Waals surface area contributed by atoms with Crippen LogP contribution in [0.4, 0.5) is 14.5 Å². The Morgan fingerprint density at radius 2 is 1.90 bits per heavy atom. The summed E-state index contributed by atoms with van der Waals surface area (Å²) < 4.78 is 27.2. The highest BCUT2D eigenvalue weighted by Gasteiger charge is 2.35. The SMILES string of the molecule is O=C1CS[C@@H](c2cccc(F)c2)N1c1ccccc1F. The van der Waals surface area contributed by atoms with Crippen LogP contribution >= 0.6 is 11.8 Å². The Morgan fingerprint density at radius 3 is 2.65 bits per heavy atom. The summed E-state index contributed by atoms with van der Waals surface area (Å²) in [5, 5.41) is -0.393. The van der Waals surface area contributed by atoms with E-state index in [2.05, 4.69) is 0 Å². The monoisotopic (exact) mass is 291 g/mol. The molecule has 5 heteroatoms. The molecule has 0 spiro atoms. The zero-order valence-corrected chi connectivity index (χ0v) is 11.2. The lowest BCUT2D eigenvalue weighted by Crippen LogP contribution is -2.28. The van der Waals surface area contributed by atoms with Crippen molar-refractivity contribution in [3.8, 4) is 0 Å². The molecule has 1 heterocycles. The first kappa shape index (κ1) is 13.1. The lowest BCUT2D eigenvalue weighted by Gasteiger charge is -2.24. The van der Waals surface area contributed by atoms with Gasteiger partial charge in [0.05, 0.1) is 11.4 Å². The number of hydrogen-bond acceptors (Lipinski definition) is 2. The molecule has 1 aliphatic heterocycles. The molecule has 20 heavy (non-hydrogen) atoms. The number of halogens is 2. The highest BCUT2D eigenvalue weighted by atomic mass is 32.2. The summed E-state index contributed by atoms with van der Waals surface area (Å²) in [4.78, 5) is 13.4. The van der Waals surface area contributed by atoms with E-state index in [4.69, 9.17) is 0 Å². The van der Waals surface area contributed by atoms with Gasteiger partial charge in [-0.1, -0.05) is 24.3 Å². The normalized spacial score (nSPS) is 18.6. The molecule has 2 nitrogen and oxygen atoms in total. The highest BCUT2D eigenvalue weighted by Crippen LogP contribution is 2.42. The second-order valence-electron chi connectivity index (χ2n) is 4.43. The van der Waals surface area contributed by atoms with Crippen LogP contribution in [0.2, 0.25) is 0 Å². The van der Waals surface area contributed by atoms with E-state index in [0.717, 1.165) is 0 Å². The standard InChI is InChI=1S/C15H11F2NOS/c16-11-5-3-4-10(8-11)15-18(14(19)9-20-15)13-7-2-1-6-12(13)17/h1-8,15H,9H2/t15-/m0/s1. The molecular formula is C15H11F2NOS. The third-order valence-electron chi connectivity index (χ3n) is 3.11. The fraction of sp³-hybridized carbons (Fsp3) is 0.133. The molecule has 0 aromatic heterocycles. The molecule has 0 radical (unpaired) electrons. The second-order valence-corrected chi connectivity index (χ2v) is 5.50. The van der Waals surface area contributed by atoms with Crippen molar-refractivity contribution in [2.24, 2.45) is 0 Å². The molecule has 3 rings (SSSR count). The predicted molar refractivity (Wildman–Crippen MR) is 75.5 cm³/mol. The lowest BCUT2D eigenvalue weighted by atomic mass is 10.2. The first-order chi connectivity index (χ1) is 9.66. The lowest BCUT2D eigenvalue weighted by molar-refractivity contribution is -0.115. The summed E-state index contributed by atoms with van der Waals surface area (Å²) >= 11 is 1.37. The van der Waals surface area contributed by atoms with Gasteiger partial charge in [-0.15, -0.1) is 11.8 Å². The van der Waals surface area contributed by atoms with Crippen molar-refractivity contribution < 1.29 is 13.6 Å². The van der Waals surface area contributed by atoms with Crippen molar-refractivity contribution in [1.82, 2.24) is 0 Å². The number of carbonyl (C=O) groups excluding carboxylic acids is 1. The number of benzene rings is 2. The van der Waals surface area contributed by atoms with Gasteiger partial charge in [0.15, 0.2) is 0 Å².